The van der Waals surface area contributed by atoms with Crippen LogP contribution in [0.2, 0.25) is 0 Å². The summed E-state index contributed by atoms with van der Waals surface area (Å²) in [5.41, 5.74) is -0.720. The van der Waals surface area contributed by atoms with Crippen LogP contribution in [0.3, 0.4) is 0 Å². The van der Waals surface area contributed by atoms with Gasteiger partial charge in [-0.25, -0.2) is 9.78 Å². The fraction of sp³-hybridized carbons (Fsp3) is 0.688. The topological polar surface area (TPSA) is 76.6 Å². The fourth-order valence-corrected chi connectivity index (χ4v) is 3.89. The molecule has 1 aromatic rings. The van der Waals surface area contributed by atoms with Crippen LogP contribution in [0.15, 0.2) is 12.5 Å². The molecule has 2 fully saturated rings. The van der Waals surface area contributed by atoms with E-state index < -0.39 is 23.5 Å². The molecule has 10 heteroatoms. The number of nitrogens with one attached hydrogen (secondary N) is 1. The number of anilines is 1. The van der Waals surface area contributed by atoms with Gasteiger partial charge in [0.15, 0.2) is 0 Å². The first-order valence-electron chi connectivity index (χ1n) is 8.40. The molecule has 0 radical (unpaired) electrons. The molecular weight excluding hydrogens is 353 g/mol. The number of likely N-dealkylation sites (tertiary alicyclic amines) is 1. The number of hydrogen-bond donors (Lipinski definition) is 1. The summed E-state index contributed by atoms with van der Waals surface area (Å²) < 4.78 is 51.0. The minimum Gasteiger partial charge on any atom is -0.479 e. The zero-order valence-electron chi connectivity index (χ0n) is 14.4. The highest BCUT2D eigenvalue weighted by Gasteiger charge is 2.56. The number of halogens is 3. The molecule has 1 atom stereocenters. The Morgan fingerprint density at radius 1 is 1.42 bits per heavy atom. The Balaban J connectivity index is 1.76. The largest absolute Gasteiger partial charge is 0.479 e. The SMILES string of the molecule is COc1ncncc1NC(=O)N1CC[C@@H](C(F)(F)F)C2(CCOCC2)C1. The minimum absolute atomic E-state index is 0.0363. The third-order valence-electron chi connectivity index (χ3n) is 5.21. The molecule has 0 aromatic carbocycles. The number of piperidine rings is 1. The van der Waals surface area contributed by atoms with Crippen LogP contribution in [0, 0.1) is 11.3 Å². The lowest BCUT2D eigenvalue weighted by Gasteiger charge is -2.50. The number of alkyl halides is 3. The predicted molar refractivity (Wildman–Crippen MR) is 85.8 cm³/mol. The molecule has 0 bridgehead atoms. The summed E-state index contributed by atoms with van der Waals surface area (Å²) in [6, 6.07) is -0.482. The summed E-state index contributed by atoms with van der Waals surface area (Å²) in [4.78, 5) is 21.8. The third kappa shape index (κ3) is 3.69. The molecule has 0 aliphatic carbocycles. The summed E-state index contributed by atoms with van der Waals surface area (Å²) in [5.74, 6) is -1.23. The Hall–Kier alpha value is -2.10. The number of aromatic nitrogens is 2. The molecule has 1 spiro atoms. The van der Waals surface area contributed by atoms with E-state index in [0.29, 0.717) is 12.8 Å². The molecular formula is C16H21F3N4O3. The first-order valence-corrected chi connectivity index (χ1v) is 8.40. The van der Waals surface area contributed by atoms with Crippen molar-refractivity contribution < 1.29 is 27.4 Å². The summed E-state index contributed by atoms with van der Waals surface area (Å²) in [7, 11) is 1.41. The molecule has 2 aliphatic rings. The van der Waals surface area contributed by atoms with Crippen LogP contribution in [0.5, 0.6) is 5.88 Å². The maximum atomic E-state index is 13.6. The van der Waals surface area contributed by atoms with Gasteiger partial charge in [-0.15, -0.1) is 0 Å². The Kier molecular flexibility index (Phi) is 5.22. The third-order valence-corrected chi connectivity index (χ3v) is 5.21. The lowest BCUT2D eigenvalue weighted by molar-refractivity contribution is -0.232. The van der Waals surface area contributed by atoms with Crippen molar-refractivity contribution in [2.24, 2.45) is 11.3 Å². The van der Waals surface area contributed by atoms with Crippen molar-refractivity contribution in [1.82, 2.24) is 14.9 Å². The molecule has 0 unspecified atom stereocenters. The van der Waals surface area contributed by atoms with Gasteiger partial charge in [0.25, 0.3) is 0 Å². The van der Waals surface area contributed by atoms with Crippen molar-refractivity contribution in [2.75, 3.05) is 38.7 Å². The second-order valence-corrected chi connectivity index (χ2v) is 6.66. The Bertz CT molecular complexity index is 650. The van der Waals surface area contributed by atoms with E-state index in [-0.39, 0.29) is 44.3 Å². The van der Waals surface area contributed by atoms with Crippen LogP contribution in [0.25, 0.3) is 0 Å². The molecule has 2 amide bonds. The number of ether oxygens (including phenoxy) is 2. The van der Waals surface area contributed by atoms with Crippen molar-refractivity contribution in [2.45, 2.75) is 25.4 Å². The number of carbonyl (C=O) groups excluding carboxylic acids is 1. The maximum absolute atomic E-state index is 13.6. The first kappa shape index (κ1) is 18.7. The number of nitrogens with zero attached hydrogens (tertiary/aromatic N) is 3. The minimum atomic E-state index is -4.28. The van der Waals surface area contributed by atoms with Gasteiger partial charge in [-0.2, -0.15) is 18.2 Å². The van der Waals surface area contributed by atoms with Crippen LogP contribution in [-0.2, 0) is 4.74 Å². The van der Waals surface area contributed by atoms with Crippen molar-refractivity contribution in [3.63, 3.8) is 0 Å². The Morgan fingerprint density at radius 2 is 2.15 bits per heavy atom. The van der Waals surface area contributed by atoms with Crippen LogP contribution < -0.4 is 10.1 Å². The van der Waals surface area contributed by atoms with Gasteiger partial charge in [-0.1, -0.05) is 0 Å². The van der Waals surface area contributed by atoms with Gasteiger partial charge in [0.1, 0.15) is 12.0 Å². The van der Waals surface area contributed by atoms with Crippen LogP contribution >= 0.6 is 0 Å². The lowest BCUT2D eigenvalue weighted by Crippen LogP contribution is -2.57. The van der Waals surface area contributed by atoms with E-state index >= 15 is 0 Å². The van der Waals surface area contributed by atoms with Gasteiger partial charge >= 0.3 is 12.2 Å². The quantitative estimate of drug-likeness (QED) is 0.861. The number of amides is 2. The van der Waals surface area contributed by atoms with Crippen molar-refractivity contribution in [3.05, 3.63) is 12.5 Å². The highest BCUT2D eigenvalue weighted by Crippen LogP contribution is 2.50. The summed E-state index contributed by atoms with van der Waals surface area (Å²) >= 11 is 0. The predicted octanol–water partition coefficient (Wildman–Crippen LogP) is 2.70. The van der Waals surface area contributed by atoms with Crippen LogP contribution in [0.1, 0.15) is 19.3 Å². The highest BCUT2D eigenvalue weighted by atomic mass is 19.4. The molecule has 3 rings (SSSR count). The normalized spacial score (nSPS) is 22.9. The van der Waals surface area contributed by atoms with Gasteiger partial charge in [0.05, 0.1) is 19.2 Å². The smallest absolute Gasteiger partial charge is 0.392 e. The van der Waals surface area contributed by atoms with Gasteiger partial charge in [-0.3, -0.25) is 0 Å². The molecule has 2 saturated heterocycles. The average Bonchev–Trinajstić information content (AvgIpc) is 2.61. The Morgan fingerprint density at radius 3 is 2.81 bits per heavy atom. The highest BCUT2D eigenvalue weighted by molar-refractivity contribution is 5.90. The number of hydrogen-bond acceptors (Lipinski definition) is 5. The van der Waals surface area contributed by atoms with Crippen LogP contribution in [-0.4, -0.2) is 60.5 Å². The maximum Gasteiger partial charge on any atom is 0.392 e. The molecule has 26 heavy (non-hydrogen) atoms. The van der Waals surface area contributed by atoms with E-state index in [1.165, 1.54) is 24.5 Å². The van der Waals surface area contributed by atoms with E-state index in [9.17, 15) is 18.0 Å². The lowest BCUT2D eigenvalue weighted by atomic mass is 9.66. The zero-order valence-corrected chi connectivity index (χ0v) is 14.4. The monoisotopic (exact) mass is 374 g/mol. The van der Waals surface area contributed by atoms with E-state index in [2.05, 4.69) is 15.3 Å². The molecule has 3 heterocycles. The number of carbonyl (C=O) groups is 1. The first-order chi connectivity index (χ1) is 12.4. The standard InChI is InChI=1S/C16H21F3N4O3/c1-25-13-11(8-20-10-21-13)22-14(24)23-5-2-12(16(17,18)19)15(9-23)3-6-26-7-4-15/h8,10,12H,2-7,9H2,1H3,(H,22,24)/t12-/m1/s1. The number of rotatable bonds is 2. The van der Waals surface area contributed by atoms with Gasteiger partial charge in [0, 0.05) is 31.7 Å². The fourth-order valence-electron chi connectivity index (χ4n) is 3.89. The second kappa shape index (κ2) is 7.26. The molecule has 144 valence electrons. The van der Waals surface area contributed by atoms with Crippen molar-refractivity contribution in [1.29, 1.82) is 0 Å². The van der Waals surface area contributed by atoms with E-state index in [1.54, 1.807) is 0 Å². The van der Waals surface area contributed by atoms with Crippen molar-refractivity contribution >= 4 is 11.7 Å². The summed E-state index contributed by atoms with van der Waals surface area (Å²) in [6.45, 7) is 0.641. The van der Waals surface area contributed by atoms with E-state index in [0.717, 1.165) is 0 Å². The van der Waals surface area contributed by atoms with Crippen LogP contribution in [0.4, 0.5) is 23.7 Å². The van der Waals surface area contributed by atoms with Gasteiger partial charge < -0.3 is 19.7 Å². The number of urea groups is 1. The van der Waals surface area contributed by atoms with E-state index in [1.807, 2.05) is 0 Å². The molecule has 7 nitrogen and oxygen atoms in total. The van der Waals surface area contributed by atoms with Crippen molar-refractivity contribution in [3.8, 4) is 5.88 Å². The Labute approximate surface area is 148 Å². The summed E-state index contributed by atoms with van der Waals surface area (Å²) in [6.07, 6.45) is -1.15. The van der Waals surface area contributed by atoms with Gasteiger partial charge in [0.2, 0.25) is 5.88 Å². The molecule has 1 N–H and O–H groups in total. The second-order valence-electron chi connectivity index (χ2n) is 6.66. The zero-order chi connectivity index (χ0) is 18.8. The molecule has 0 saturated carbocycles. The average molecular weight is 374 g/mol. The molecule has 1 aromatic heterocycles. The van der Waals surface area contributed by atoms with E-state index in [4.69, 9.17) is 9.47 Å². The van der Waals surface area contributed by atoms with Gasteiger partial charge in [-0.05, 0) is 19.3 Å². The number of methoxy groups -OCH3 is 1. The summed E-state index contributed by atoms with van der Waals surface area (Å²) in [5, 5.41) is 2.63. The molecule has 2 aliphatic heterocycles.